The van der Waals surface area contributed by atoms with E-state index in [4.69, 9.17) is 25.7 Å². The molecule has 0 spiro atoms. The van der Waals surface area contributed by atoms with Crippen molar-refractivity contribution in [3.63, 3.8) is 0 Å². The van der Waals surface area contributed by atoms with E-state index in [1.54, 1.807) is 13.8 Å². The number of fused-ring (bicyclic) bond motifs is 3. The first-order chi connectivity index (χ1) is 45.8. The Morgan fingerprint density at radius 3 is 1.85 bits per heavy atom. The largest absolute Gasteiger partial charge is 0.508 e. The molecule has 0 bridgehead atoms. The molecule has 0 radical (unpaired) electrons. The molecule has 20 N–H and O–H groups in total. The number of carbonyl (C=O) groups excluding carboxylic acids is 12. The van der Waals surface area contributed by atoms with Crippen LogP contribution >= 0.6 is 0 Å². The predicted octanol–water partition coefficient (Wildman–Crippen LogP) is -4.03. The topological polar surface area (TPSA) is 543 Å². The van der Waals surface area contributed by atoms with E-state index in [0.29, 0.717) is 24.9 Å². The summed E-state index contributed by atoms with van der Waals surface area (Å²) >= 11 is 0. The van der Waals surface area contributed by atoms with Crippen LogP contribution < -0.4 is 58.7 Å². The fourth-order valence-corrected chi connectivity index (χ4v) is 11.6. The first-order valence-electron chi connectivity index (χ1n) is 31.4. The Bertz CT molecular complexity index is 3460. The van der Waals surface area contributed by atoms with Gasteiger partial charge in [0.15, 0.2) is 17.9 Å². The number of ether oxygens (including phenoxy) is 3. The molecular weight excluding hydrogens is 1280 g/mol. The SMILES string of the molecule is COc1cccc2c1C(=O)c1c(O)c3c(c(O)c1C2=O)C[C@@](O)(C(=O)CO)C[C@@H]3OC1CC(NC(=O)[C@H](CC(C)C)NC(=O)[C@H](CO)NC(=O)[C@H](CCC(N)=O)NC(=O)[C@H](Cc2ccc(O)cc2)NC(=O)[C@H](CO)NC(=O)[C@H](C)NC(=O)[C@H](CCCCN)NC(C)=O)C(O)C(C)O1. The zero-order valence-electron chi connectivity index (χ0n) is 54.3. The highest BCUT2D eigenvalue weighted by Crippen LogP contribution is 2.52. The van der Waals surface area contributed by atoms with Gasteiger partial charge in [-0.3, -0.25) is 57.5 Å². The lowest BCUT2D eigenvalue weighted by Crippen LogP contribution is -2.62. The predicted molar refractivity (Wildman–Crippen MR) is 337 cm³/mol. The average Bonchev–Trinajstić information content (AvgIpc) is 0.712. The van der Waals surface area contributed by atoms with Crippen molar-refractivity contribution >= 4 is 70.5 Å². The van der Waals surface area contributed by atoms with Crippen molar-refractivity contribution in [2.45, 2.75) is 177 Å². The summed E-state index contributed by atoms with van der Waals surface area (Å²) in [5.41, 5.74) is 6.39. The molecule has 3 aromatic carbocycles. The molecule has 3 aliphatic rings. The van der Waals surface area contributed by atoms with Gasteiger partial charge in [0.1, 0.15) is 83.6 Å². The molecule has 1 fully saturated rings. The molecule has 0 aromatic heterocycles. The Hall–Kier alpha value is -9.22. The number of aliphatic hydroxyl groups excluding tert-OH is 4. The average molecular weight is 1360 g/mol. The van der Waals surface area contributed by atoms with Crippen LogP contribution in [0.1, 0.15) is 141 Å². The Labute approximate surface area is 556 Å². The summed E-state index contributed by atoms with van der Waals surface area (Å²) in [7, 11) is 1.25. The van der Waals surface area contributed by atoms with Gasteiger partial charge in [0, 0.05) is 55.7 Å². The standard InChI is InChI=1S/C64H86N10O23/c1-28(2)20-39(60(90)70-38-22-47(96-30(4)52(38)82)97-44-24-64(94,45(80)27-77)23-35-49(44)56(86)51-50(54(35)84)53(83)34-10-9-12-43(95-6)48(34)55(51)85)71-63(93)42(26-76)74-59(89)37(17-18-46(66)81)69-61(91)40(21-32-13-15-33(79)16-14-32)72-62(92)41(25-75)73-57(87)29(3)67-58(88)36(68-31(5)78)11-7-8-19-65/h9-10,12-16,28-30,36-42,44,47,52,75-77,79,82,84,86,94H,7-8,11,17-27,65H2,1-6H3,(H2,66,81)(H,67,88)(H,68,78)(H,69,91)(H,70,90)(H,71,93)(H,72,92)(H,73,87)(H,74,89)/t29-,30?,36-,37-,38?,39-,40-,41-,42-,44-,47?,52?,64-/m0/s1. The van der Waals surface area contributed by atoms with E-state index >= 15 is 0 Å². The van der Waals surface area contributed by atoms with Crippen molar-refractivity contribution in [2.24, 2.45) is 17.4 Å². The third kappa shape index (κ3) is 19.1. The highest BCUT2D eigenvalue weighted by Gasteiger charge is 2.51. The van der Waals surface area contributed by atoms with Gasteiger partial charge in [0.2, 0.25) is 58.9 Å². The minimum atomic E-state index is -2.52. The molecule has 33 nitrogen and oxygen atoms in total. The summed E-state index contributed by atoms with van der Waals surface area (Å²) in [6, 6.07) is -2.85. The number of phenols is 3. The van der Waals surface area contributed by atoms with E-state index < -0.39 is 224 Å². The Morgan fingerprint density at radius 2 is 1.26 bits per heavy atom. The number of hydrogen-bond donors (Lipinski definition) is 18. The maximum atomic E-state index is 14.4. The number of nitrogens with one attached hydrogen (secondary N) is 8. The third-order valence-electron chi connectivity index (χ3n) is 16.8. The van der Waals surface area contributed by atoms with E-state index in [9.17, 15) is 98.4 Å². The van der Waals surface area contributed by atoms with Crippen molar-refractivity contribution in [3.8, 4) is 23.0 Å². The quantitative estimate of drug-likeness (QED) is 0.0159. The molecule has 1 heterocycles. The summed E-state index contributed by atoms with van der Waals surface area (Å²) in [4.78, 5) is 163. The Kier molecular flexibility index (Phi) is 27.0. The molecule has 97 heavy (non-hydrogen) atoms. The van der Waals surface area contributed by atoms with E-state index in [-0.39, 0.29) is 58.9 Å². The highest BCUT2D eigenvalue weighted by molar-refractivity contribution is 6.31. The number of primary amides is 1. The number of hydrogen-bond acceptors (Lipinski definition) is 24. The third-order valence-corrected chi connectivity index (χ3v) is 16.8. The number of aliphatic hydroxyl groups is 5. The van der Waals surface area contributed by atoms with Crippen molar-refractivity contribution in [1.82, 2.24) is 42.5 Å². The van der Waals surface area contributed by atoms with Crippen LogP contribution in [0.25, 0.3) is 0 Å². The Balaban J connectivity index is 1.18. The number of aromatic hydroxyl groups is 3. The van der Waals surface area contributed by atoms with Crippen LogP contribution in [0.5, 0.6) is 23.0 Å². The molecule has 13 atom stereocenters. The van der Waals surface area contributed by atoms with Crippen LogP contribution in [-0.4, -0.2) is 217 Å². The Morgan fingerprint density at radius 1 is 0.691 bits per heavy atom. The van der Waals surface area contributed by atoms with E-state index in [0.717, 1.165) is 0 Å². The summed E-state index contributed by atoms with van der Waals surface area (Å²) in [6.45, 7) is 4.18. The summed E-state index contributed by atoms with van der Waals surface area (Å²) in [6.07, 6.45) is -8.24. The second-order valence-corrected chi connectivity index (χ2v) is 24.6. The van der Waals surface area contributed by atoms with Gasteiger partial charge >= 0.3 is 0 Å². The van der Waals surface area contributed by atoms with Crippen LogP contribution in [0, 0.1) is 5.92 Å². The molecule has 1 saturated heterocycles. The number of ketones is 3. The van der Waals surface area contributed by atoms with Crippen LogP contribution in [0.4, 0.5) is 0 Å². The highest BCUT2D eigenvalue weighted by atomic mass is 16.7. The van der Waals surface area contributed by atoms with Gasteiger partial charge in [-0.15, -0.1) is 0 Å². The second kappa shape index (κ2) is 34.1. The monoisotopic (exact) mass is 1360 g/mol. The van der Waals surface area contributed by atoms with Gasteiger partial charge in [0.05, 0.1) is 55.3 Å². The van der Waals surface area contributed by atoms with Gasteiger partial charge in [-0.25, -0.2) is 0 Å². The normalized spacial score (nSPS) is 20.9. The van der Waals surface area contributed by atoms with Gasteiger partial charge in [-0.1, -0.05) is 38.1 Å². The second-order valence-electron chi connectivity index (χ2n) is 24.6. The zero-order chi connectivity index (χ0) is 71.9. The van der Waals surface area contributed by atoms with Gasteiger partial charge < -0.3 is 109 Å². The fourth-order valence-electron chi connectivity index (χ4n) is 11.6. The molecule has 9 amide bonds. The smallest absolute Gasteiger partial charge is 0.245 e. The lowest BCUT2D eigenvalue weighted by molar-refractivity contribution is -0.249. The summed E-state index contributed by atoms with van der Waals surface area (Å²) in [5, 5.41) is 107. The number of unbranched alkanes of at least 4 members (excludes halogenated alkanes) is 1. The van der Waals surface area contributed by atoms with Gasteiger partial charge in [0.25, 0.3) is 0 Å². The number of rotatable bonds is 33. The molecule has 33 heteroatoms. The number of phenolic OH excluding ortho intramolecular Hbond substituents is 3. The number of nitrogens with two attached hydrogens (primary N) is 2. The van der Waals surface area contributed by atoms with Gasteiger partial charge in [-0.2, -0.15) is 0 Å². The van der Waals surface area contributed by atoms with Gasteiger partial charge in [-0.05, 0) is 82.2 Å². The molecule has 530 valence electrons. The minimum absolute atomic E-state index is 0.0294. The molecule has 1 aliphatic heterocycles. The lowest BCUT2D eigenvalue weighted by Gasteiger charge is -2.43. The van der Waals surface area contributed by atoms with Crippen LogP contribution in [0.15, 0.2) is 42.5 Å². The number of carbonyl (C=O) groups is 12. The lowest BCUT2D eigenvalue weighted by atomic mass is 9.72. The van der Waals surface area contributed by atoms with Crippen LogP contribution in [0.3, 0.4) is 0 Å². The fraction of sp³-hybridized carbons (Fsp3) is 0.531. The maximum absolute atomic E-state index is 14.4. The summed E-state index contributed by atoms with van der Waals surface area (Å²) < 4.78 is 17.6. The zero-order valence-corrected chi connectivity index (χ0v) is 54.3. The van der Waals surface area contributed by atoms with Crippen molar-refractivity contribution in [3.05, 3.63) is 81.4 Å². The van der Waals surface area contributed by atoms with Crippen molar-refractivity contribution in [2.75, 3.05) is 33.5 Å². The first kappa shape index (κ1) is 76.8. The molecule has 4 unspecified atom stereocenters. The first-order valence-corrected chi connectivity index (χ1v) is 31.4. The number of benzene rings is 3. The number of methoxy groups -OCH3 is 1. The molecular formula is C64H86N10O23. The van der Waals surface area contributed by atoms with E-state index in [1.807, 2.05) is 0 Å². The molecule has 3 aromatic rings. The summed E-state index contributed by atoms with van der Waals surface area (Å²) in [5.74, 6) is -14.0. The molecule has 2 aliphatic carbocycles. The van der Waals surface area contributed by atoms with Crippen LogP contribution in [0.2, 0.25) is 0 Å². The number of amides is 9. The van der Waals surface area contributed by atoms with Crippen molar-refractivity contribution in [1.29, 1.82) is 0 Å². The van der Waals surface area contributed by atoms with E-state index in [2.05, 4.69) is 42.5 Å². The van der Waals surface area contributed by atoms with Crippen LogP contribution in [-0.2, 0) is 70.3 Å². The maximum Gasteiger partial charge on any atom is 0.245 e. The van der Waals surface area contributed by atoms with Crippen molar-refractivity contribution < 1.29 is 113 Å². The molecule has 6 rings (SSSR count). The number of Topliss-reactive ketones (excluding diaryl/α,β-unsaturated/α-hetero) is 1. The molecule has 0 saturated carbocycles. The minimum Gasteiger partial charge on any atom is -0.508 e. The van der Waals surface area contributed by atoms with E-state index in [1.165, 1.54) is 70.3 Å².